The largest absolute Gasteiger partial charge is 0.392 e. The van der Waals surface area contributed by atoms with E-state index < -0.39 is 5.41 Å². The van der Waals surface area contributed by atoms with Crippen LogP contribution in [0.25, 0.3) is 0 Å². The van der Waals surface area contributed by atoms with Gasteiger partial charge in [0.2, 0.25) is 5.91 Å². The van der Waals surface area contributed by atoms with Crippen LogP contribution in [-0.4, -0.2) is 42.0 Å². The molecular formula is C13H23N3OS. The minimum Gasteiger partial charge on any atom is -0.392 e. The van der Waals surface area contributed by atoms with Crippen molar-refractivity contribution in [2.45, 2.75) is 38.6 Å². The Hall–Kier alpha value is -0.680. The topological polar surface area (TPSA) is 58.4 Å². The SMILES string of the molecule is CC1CC(C(=O)NCCN(C)C2CC2)(C(N)=S)C1. The molecule has 0 atom stereocenters. The Bertz CT molecular complexity index is 348. The van der Waals surface area contributed by atoms with Crippen LogP contribution >= 0.6 is 12.2 Å². The molecule has 102 valence electrons. The van der Waals surface area contributed by atoms with Crippen LogP contribution in [0.1, 0.15) is 32.6 Å². The van der Waals surface area contributed by atoms with Gasteiger partial charge in [-0.3, -0.25) is 4.79 Å². The minimum atomic E-state index is -0.563. The first-order valence-electron chi connectivity index (χ1n) is 6.74. The third-order valence-electron chi connectivity index (χ3n) is 4.22. The van der Waals surface area contributed by atoms with Crippen molar-refractivity contribution in [3.05, 3.63) is 0 Å². The number of carbonyl (C=O) groups is 1. The van der Waals surface area contributed by atoms with Gasteiger partial charge in [-0.1, -0.05) is 19.1 Å². The van der Waals surface area contributed by atoms with Gasteiger partial charge < -0.3 is 16.0 Å². The predicted octanol–water partition coefficient (Wildman–Crippen LogP) is 0.899. The average molecular weight is 269 g/mol. The highest BCUT2D eigenvalue weighted by molar-refractivity contribution is 7.80. The molecule has 0 unspecified atom stereocenters. The lowest BCUT2D eigenvalue weighted by Gasteiger charge is -2.44. The summed E-state index contributed by atoms with van der Waals surface area (Å²) in [6.07, 6.45) is 4.18. The van der Waals surface area contributed by atoms with Crippen LogP contribution < -0.4 is 11.1 Å². The van der Waals surface area contributed by atoms with Gasteiger partial charge in [-0.25, -0.2) is 0 Å². The van der Waals surface area contributed by atoms with Crippen LogP contribution in [0.2, 0.25) is 0 Å². The molecule has 0 saturated heterocycles. The van der Waals surface area contributed by atoms with Gasteiger partial charge in [0.1, 0.15) is 0 Å². The van der Waals surface area contributed by atoms with Gasteiger partial charge in [0.25, 0.3) is 0 Å². The molecule has 5 heteroatoms. The van der Waals surface area contributed by atoms with Gasteiger partial charge in [0.05, 0.1) is 10.4 Å². The molecule has 0 aromatic heterocycles. The number of nitrogens with two attached hydrogens (primary N) is 1. The van der Waals surface area contributed by atoms with Crippen molar-refractivity contribution in [2.24, 2.45) is 17.1 Å². The molecule has 0 aromatic rings. The summed E-state index contributed by atoms with van der Waals surface area (Å²) in [6.45, 7) is 3.72. The van der Waals surface area contributed by atoms with Gasteiger partial charge in [0, 0.05) is 19.1 Å². The highest BCUT2D eigenvalue weighted by Gasteiger charge is 2.50. The predicted molar refractivity (Wildman–Crippen MR) is 76.3 cm³/mol. The molecule has 0 spiro atoms. The van der Waals surface area contributed by atoms with Crippen molar-refractivity contribution in [2.75, 3.05) is 20.1 Å². The summed E-state index contributed by atoms with van der Waals surface area (Å²) < 4.78 is 0. The maximum atomic E-state index is 12.2. The second kappa shape index (κ2) is 5.13. The normalized spacial score (nSPS) is 30.9. The number of thiocarbonyl (C=S) groups is 1. The molecule has 0 bridgehead atoms. The highest BCUT2D eigenvalue weighted by atomic mass is 32.1. The van der Waals surface area contributed by atoms with E-state index in [0.29, 0.717) is 17.5 Å². The highest BCUT2D eigenvalue weighted by Crippen LogP contribution is 2.45. The van der Waals surface area contributed by atoms with E-state index in [-0.39, 0.29) is 5.91 Å². The third-order valence-corrected chi connectivity index (χ3v) is 4.61. The van der Waals surface area contributed by atoms with Crippen molar-refractivity contribution < 1.29 is 4.79 Å². The van der Waals surface area contributed by atoms with E-state index >= 15 is 0 Å². The summed E-state index contributed by atoms with van der Waals surface area (Å²) in [5, 5.41) is 2.99. The molecule has 2 fully saturated rings. The van der Waals surface area contributed by atoms with E-state index in [1.807, 2.05) is 0 Å². The molecule has 3 N–H and O–H groups in total. The van der Waals surface area contributed by atoms with Gasteiger partial charge in [-0.2, -0.15) is 0 Å². The lowest BCUT2D eigenvalue weighted by Crippen LogP contribution is -2.56. The Morgan fingerprint density at radius 2 is 2.11 bits per heavy atom. The Morgan fingerprint density at radius 3 is 2.56 bits per heavy atom. The van der Waals surface area contributed by atoms with Gasteiger partial charge in [0.15, 0.2) is 0 Å². The fourth-order valence-corrected chi connectivity index (χ4v) is 3.10. The molecule has 2 aliphatic rings. The summed E-state index contributed by atoms with van der Waals surface area (Å²) in [4.78, 5) is 14.9. The summed E-state index contributed by atoms with van der Waals surface area (Å²) in [7, 11) is 2.11. The molecular weight excluding hydrogens is 246 g/mol. The zero-order valence-corrected chi connectivity index (χ0v) is 12.1. The van der Waals surface area contributed by atoms with E-state index in [0.717, 1.165) is 25.4 Å². The second-order valence-electron chi connectivity index (χ2n) is 5.93. The maximum Gasteiger partial charge on any atom is 0.233 e. The number of hydrogen-bond donors (Lipinski definition) is 2. The second-order valence-corrected chi connectivity index (χ2v) is 6.37. The molecule has 0 radical (unpaired) electrons. The zero-order chi connectivity index (χ0) is 13.3. The molecule has 4 nitrogen and oxygen atoms in total. The van der Waals surface area contributed by atoms with Gasteiger partial charge in [-0.05, 0) is 38.6 Å². The minimum absolute atomic E-state index is 0.0253. The van der Waals surface area contributed by atoms with Crippen molar-refractivity contribution >= 4 is 23.1 Å². The van der Waals surface area contributed by atoms with Crippen molar-refractivity contribution in [1.82, 2.24) is 10.2 Å². The lowest BCUT2D eigenvalue weighted by molar-refractivity contribution is -0.132. The number of amides is 1. The Labute approximate surface area is 114 Å². The van der Waals surface area contributed by atoms with Crippen molar-refractivity contribution in [3.63, 3.8) is 0 Å². The van der Waals surface area contributed by atoms with E-state index in [1.54, 1.807) is 0 Å². The van der Waals surface area contributed by atoms with Crippen LogP contribution in [0.4, 0.5) is 0 Å². The van der Waals surface area contributed by atoms with Gasteiger partial charge in [-0.15, -0.1) is 0 Å². The van der Waals surface area contributed by atoms with Crippen molar-refractivity contribution in [3.8, 4) is 0 Å². The average Bonchev–Trinajstić information content (AvgIpc) is 3.07. The molecule has 2 rings (SSSR count). The van der Waals surface area contributed by atoms with Crippen LogP contribution in [-0.2, 0) is 4.79 Å². The summed E-state index contributed by atoms with van der Waals surface area (Å²) in [5.41, 5.74) is 5.18. The van der Waals surface area contributed by atoms with E-state index in [4.69, 9.17) is 18.0 Å². The molecule has 2 aliphatic carbocycles. The Kier molecular flexibility index (Phi) is 3.92. The standard InChI is InChI=1S/C13H23N3OS/c1-9-7-13(8-9,11(14)18)12(17)15-5-6-16(2)10-3-4-10/h9-10H,3-8H2,1-2H3,(H2,14,18)(H,15,17). The summed E-state index contributed by atoms with van der Waals surface area (Å²) in [5.74, 6) is 0.573. The zero-order valence-electron chi connectivity index (χ0n) is 11.2. The number of nitrogens with one attached hydrogen (secondary N) is 1. The molecule has 18 heavy (non-hydrogen) atoms. The number of carbonyl (C=O) groups excluding carboxylic acids is 1. The quantitative estimate of drug-likeness (QED) is 0.703. The fourth-order valence-electron chi connectivity index (χ4n) is 2.84. The van der Waals surface area contributed by atoms with Gasteiger partial charge >= 0.3 is 0 Å². The number of hydrogen-bond acceptors (Lipinski definition) is 3. The summed E-state index contributed by atoms with van der Waals surface area (Å²) >= 11 is 5.07. The van der Waals surface area contributed by atoms with E-state index in [1.165, 1.54) is 12.8 Å². The molecule has 0 heterocycles. The first kappa shape index (κ1) is 13.7. The van der Waals surface area contributed by atoms with Crippen LogP contribution in [0.3, 0.4) is 0 Å². The smallest absolute Gasteiger partial charge is 0.233 e. The summed E-state index contributed by atoms with van der Waals surface area (Å²) in [6, 6.07) is 0.732. The fraction of sp³-hybridized carbons (Fsp3) is 0.846. The van der Waals surface area contributed by atoms with Crippen LogP contribution in [0.5, 0.6) is 0 Å². The Balaban J connectivity index is 1.77. The monoisotopic (exact) mass is 269 g/mol. The molecule has 1 amide bonds. The first-order chi connectivity index (χ1) is 8.45. The number of nitrogens with zero attached hydrogens (tertiary/aromatic N) is 1. The Morgan fingerprint density at radius 1 is 1.50 bits per heavy atom. The molecule has 2 saturated carbocycles. The maximum absolute atomic E-state index is 12.2. The van der Waals surface area contributed by atoms with Crippen LogP contribution in [0, 0.1) is 11.3 Å². The molecule has 0 aliphatic heterocycles. The van der Waals surface area contributed by atoms with Crippen LogP contribution in [0.15, 0.2) is 0 Å². The lowest BCUT2D eigenvalue weighted by atomic mass is 9.62. The number of rotatable bonds is 6. The third kappa shape index (κ3) is 2.67. The number of likely N-dealkylation sites (N-methyl/N-ethyl adjacent to an activating group) is 1. The van der Waals surface area contributed by atoms with Crippen molar-refractivity contribution in [1.29, 1.82) is 0 Å². The molecule has 0 aromatic carbocycles. The van der Waals surface area contributed by atoms with E-state index in [9.17, 15) is 4.79 Å². The first-order valence-corrected chi connectivity index (χ1v) is 7.15. The van der Waals surface area contributed by atoms with E-state index in [2.05, 4.69) is 24.2 Å².